The van der Waals surface area contributed by atoms with Crippen LogP contribution in [0.1, 0.15) is 25.7 Å². The van der Waals surface area contributed by atoms with Crippen LogP contribution in [-0.2, 0) is 24.0 Å². The molecule has 0 aliphatic carbocycles. The molecule has 0 radical (unpaired) electrons. The number of hydrogen-bond acceptors (Lipinski definition) is 9. The first kappa shape index (κ1) is 30.0. The number of carboxylic acid groups (broad SMARTS) is 1. The van der Waals surface area contributed by atoms with Crippen molar-refractivity contribution >= 4 is 53.1 Å². The van der Waals surface area contributed by atoms with Gasteiger partial charge in [0.25, 0.3) is 0 Å². The van der Waals surface area contributed by atoms with Gasteiger partial charge >= 0.3 is 5.97 Å². The van der Waals surface area contributed by atoms with Crippen LogP contribution in [-0.4, -0.2) is 94.6 Å². The Balaban J connectivity index is 5.13. The van der Waals surface area contributed by atoms with Gasteiger partial charge in [-0.15, -0.1) is 0 Å². The number of nitrogens with two attached hydrogens (primary N) is 2. The van der Waals surface area contributed by atoms with Crippen LogP contribution in [0.4, 0.5) is 0 Å². The molecule has 0 aromatic carbocycles. The van der Waals surface area contributed by atoms with Gasteiger partial charge < -0.3 is 37.6 Å². The van der Waals surface area contributed by atoms with E-state index in [1.165, 1.54) is 23.5 Å². The molecule has 0 aromatic heterocycles. The lowest BCUT2D eigenvalue weighted by Crippen LogP contribution is -2.58. The number of amides is 4. The maximum absolute atomic E-state index is 12.7. The Bertz CT molecular complexity index is 653. The fourth-order valence-corrected chi connectivity index (χ4v) is 3.39. The zero-order valence-corrected chi connectivity index (χ0v) is 19.8. The van der Waals surface area contributed by atoms with Gasteiger partial charge in [-0.3, -0.25) is 19.2 Å². The molecule has 0 rings (SSSR count). The Morgan fingerprint density at radius 3 is 1.75 bits per heavy atom. The van der Waals surface area contributed by atoms with Crippen molar-refractivity contribution in [3.63, 3.8) is 0 Å². The topological polar surface area (TPSA) is 214 Å². The largest absolute Gasteiger partial charge is 0.480 e. The number of rotatable bonds is 17. The molecule has 32 heavy (non-hydrogen) atoms. The Morgan fingerprint density at radius 1 is 0.812 bits per heavy atom. The van der Waals surface area contributed by atoms with Gasteiger partial charge in [-0.1, -0.05) is 0 Å². The molecular weight excluding hydrogens is 462 g/mol. The number of thioether (sulfide) groups is 2. The summed E-state index contributed by atoms with van der Waals surface area (Å²) in [6.45, 7) is -0.770. The van der Waals surface area contributed by atoms with E-state index in [1.54, 1.807) is 12.5 Å². The molecule has 0 aliphatic rings. The summed E-state index contributed by atoms with van der Waals surface area (Å²) in [5, 5.41) is 25.9. The van der Waals surface area contributed by atoms with Gasteiger partial charge in [0.05, 0.1) is 12.6 Å². The van der Waals surface area contributed by atoms with Crippen molar-refractivity contribution in [3.8, 4) is 0 Å². The summed E-state index contributed by atoms with van der Waals surface area (Å²) < 4.78 is 0. The minimum Gasteiger partial charge on any atom is -0.480 e. The standard InChI is InChI=1S/C18H33N5O7S2/c1-31-7-5-11(21-15(26)10(19)3-4-14(20)25)16(27)23-13(9-24)17(28)22-12(18(29)30)6-8-32-2/h10-13,24H,3-9,19H2,1-2H3,(H2,20,25)(H,21,26)(H,22,28)(H,23,27)(H,29,30). The molecule has 0 heterocycles. The van der Waals surface area contributed by atoms with E-state index in [9.17, 15) is 34.2 Å². The van der Waals surface area contributed by atoms with Crippen molar-refractivity contribution in [2.75, 3.05) is 30.6 Å². The van der Waals surface area contributed by atoms with Crippen LogP contribution in [0.2, 0.25) is 0 Å². The molecule has 0 bridgehead atoms. The summed E-state index contributed by atoms with van der Waals surface area (Å²) in [6, 6.07) is -4.69. The lowest BCUT2D eigenvalue weighted by Gasteiger charge is -2.24. The zero-order valence-electron chi connectivity index (χ0n) is 18.2. The third-order valence-electron chi connectivity index (χ3n) is 4.32. The first-order valence-electron chi connectivity index (χ1n) is 9.83. The number of carbonyl (C=O) groups excluding carboxylic acids is 4. The van der Waals surface area contributed by atoms with E-state index in [0.717, 1.165) is 0 Å². The summed E-state index contributed by atoms with van der Waals surface area (Å²) >= 11 is 2.84. The number of aliphatic carboxylic acids is 1. The van der Waals surface area contributed by atoms with Crippen molar-refractivity contribution in [3.05, 3.63) is 0 Å². The molecule has 4 atom stereocenters. The monoisotopic (exact) mass is 495 g/mol. The highest BCUT2D eigenvalue weighted by atomic mass is 32.2. The van der Waals surface area contributed by atoms with Gasteiger partial charge in [0.15, 0.2) is 0 Å². The predicted molar refractivity (Wildman–Crippen MR) is 123 cm³/mol. The smallest absolute Gasteiger partial charge is 0.326 e. The third-order valence-corrected chi connectivity index (χ3v) is 5.61. The third kappa shape index (κ3) is 12.1. The molecular formula is C18H33N5O7S2. The molecule has 12 nitrogen and oxygen atoms in total. The molecule has 0 saturated heterocycles. The number of nitrogens with one attached hydrogen (secondary N) is 3. The average molecular weight is 496 g/mol. The van der Waals surface area contributed by atoms with E-state index in [-0.39, 0.29) is 25.7 Å². The van der Waals surface area contributed by atoms with E-state index in [2.05, 4.69) is 16.0 Å². The highest BCUT2D eigenvalue weighted by Gasteiger charge is 2.29. The minimum absolute atomic E-state index is 0.00628. The number of aliphatic hydroxyl groups is 1. The first-order valence-corrected chi connectivity index (χ1v) is 12.6. The van der Waals surface area contributed by atoms with Gasteiger partial charge in [0, 0.05) is 6.42 Å². The van der Waals surface area contributed by atoms with Crippen LogP contribution in [0.3, 0.4) is 0 Å². The van der Waals surface area contributed by atoms with E-state index in [0.29, 0.717) is 11.5 Å². The minimum atomic E-state index is -1.41. The van der Waals surface area contributed by atoms with Crippen molar-refractivity contribution < 1.29 is 34.2 Å². The summed E-state index contributed by atoms with van der Waals surface area (Å²) in [5.74, 6) is -3.11. The van der Waals surface area contributed by atoms with Gasteiger partial charge in [0.2, 0.25) is 23.6 Å². The van der Waals surface area contributed by atoms with Crippen molar-refractivity contribution in [2.24, 2.45) is 11.5 Å². The Labute approximate surface area is 195 Å². The lowest BCUT2D eigenvalue weighted by molar-refractivity contribution is -0.142. The highest BCUT2D eigenvalue weighted by Crippen LogP contribution is 2.05. The van der Waals surface area contributed by atoms with Crippen LogP contribution in [0.5, 0.6) is 0 Å². The summed E-state index contributed by atoms with van der Waals surface area (Å²) in [7, 11) is 0. The maximum Gasteiger partial charge on any atom is 0.326 e. The molecule has 0 aliphatic heterocycles. The van der Waals surface area contributed by atoms with E-state index < -0.39 is 60.4 Å². The fourth-order valence-electron chi connectivity index (χ4n) is 2.44. The Hall–Kier alpha value is -2.03. The Morgan fingerprint density at radius 2 is 1.28 bits per heavy atom. The molecule has 0 spiro atoms. The van der Waals surface area contributed by atoms with Crippen LogP contribution in [0.25, 0.3) is 0 Å². The van der Waals surface area contributed by atoms with E-state index in [4.69, 9.17) is 11.5 Å². The zero-order chi connectivity index (χ0) is 24.7. The molecule has 184 valence electrons. The quantitative estimate of drug-likeness (QED) is 0.114. The number of carboxylic acids is 1. The normalized spacial score (nSPS) is 14.5. The predicted octanol–water partition coefficient (Wildman–Crippen LogP) is -2.38. The molecule has 4 amide bonds. The summed E-state index contributed by atoms with van der Waals surface area (Å²) in [5.41, 5.74) is 10.8. The summed E-state index contributed by atoms with van der Waals surface area (Å²) in [6.07, 6.45) is 3.90. The maximum atomic E-state index is 12.7. The number of primary amides is 1. The second-order valence-electron chi connectivity index (χ2n) is 6.88. The summed E-state index contributed by atoms with van der Waals surface area (Å²) in [4.78, 5) is 59.5. The second-order valence-corrected chi connectivity index (χ2v) is 8.85. The van der Waals surface area contributed by atoms with Gasteiger partial charge in [-0.25, -0.2) is 4.79 Å². The average Bonchev–Trinajstić information content (AvgIpc) is 2.74. The lowest BCUT2D eigenvalue weighted by atomic mass is 10.1. The molecule has 0 saturated carbocycles. The molecule has 0 fully saturated rings. The first-order chi connectivity index (χ1) is 15.1. The Kier molecular flexibility index (Phi) is 15.5. The number of aliphatic hydroxyl groups excluding tert-OH is 1. The van der Waals surface area contributed by atoms with Crippen LogP contribution >= 0.6 is 23.5 Å². The van der Waals surface area contributed by atoms with Crippen LogP contribution in [0.15, 0.2) is 0 Å². The fraction of sp³-hybridized carbons (Fsp3) is 0.722. The SMILES string of the molecule is CSCCC(NC(=O)C(CO)NC(=O)C(CCSC)NC(=O)C(N)CCC(N)=O)C(=O)O. The number of hydrogen-bond donors (Lipinski definition) is 7. The second kappa shape index (κ2) is 16.6. The van der Waals surface area contributed by atoms with Gasteiger partial charge in [0.1, 0.15) is 18.1 Å². The molecule has 14 heteroatoms. The van der Waals surface area contributed by atoms with Crippen molar-refractivity contribution in [1.29, 1.82) is 0 Å². The molecule has 9 N–H and O–H groups in total. The van der Waals surface area contributed by atoms with Crippen LogP contribution in [0, 0.1) is 0 Å². The van der Waals surface area contributed by atoms with Gasteiger partial charge in [-0.05, 0) is 43.3 Å². The van der Waals surface area contributed by atoms with E-state index in [1.807, 2.05) is 0 Å². The van der Waals surface area contributed by atoms with Crippen molar-refractivity contribution in [1.82, 2.24) is 16.0 Å². The highest BCUT2D eigenvalue weighted by molar-refractivity contribution is 7.98. The van der Waals surface area contributed by atoms with Crippen LogP contribution < -0.4 is 27.4 Å². The van der Waals surface area contributed by atoms with Gasteiger partial charge in [-0.2, -0.15) is 23.5 Å². The number of carbonyl (C=O) groups is 5. The van der Waals surface area contributed by atoms with Crippen molar-refractivity contribution in [2.45, 2.75) is 49.9 Å². The molecule has 4 unspecified atom stereocenters. The molecule has 0 aromatic rings. The van der Waals surface area contributed by atoms with E-state index >= 15 is 0 Å².